The van der Waals surface area contributed by atoms with Gasteiger partial charge in [-0.15, -0.1) is 0 Å². The van der Waals surface area contributed by atoms with Gasteiger partial charge in [0.2, 0.25) is 0 Å². The number of thiophene rings is 1. The molecule has 0 N–H and O–H groups in total. The van der Waals surface area contributed by atoms with E-state index in [0.29, 0.717) is 28.2 Å². The maximum atomic E-state index is 13.7. The Hall–Kier alpha value is -3.06. The summed E-state index contributed by atoms with van der Waals surface area (Å²) in [5.74, 6) is 1.04. The first-order chi connectivity index (χ1) is 14.3. The molecule has 1 aliphatic heterocycles. The standard InChI is InChI=1S/C23H17F3O3S/c1-14-12-30-13-20(14)19-5-2-15(7-21(19)23(24,25)26)10-28-18-4-3-17-6-16(9-27)11-29-22(17)8-18/h2-9,12-13H,10-11H2,1H3. The predicted octanol–water partition coefficient (Wildman–Crippen LogP) is 6.30. The van der Waals surface area contributed by atoms with Crippen molar-refractivity contribution in [3.05, 3.63) is 75.0 Å². The molecular formula is C23H17F3O3S. The Morgan fingerprint density at radius 3 is 2.67 bits per heavy atom. The summed E-state index contributed by atoms with van der Waals surface area (Å²) in [6, 6.07) is 9.40. The minimum Gasteiger partial charge on any atom is -0.489 e. The molecule has 4 rings (SSSR count). The maximum Gasteiger partial charge on any atom is 0.417 e. The zero-order valence-corrected chi connectivity index (χ0v) is 16.8. The summed E-state index contributed by atoms with van der Waals surface area (Å²) >= 11 is 1.38. The van der Waals surface area contributed by atoms with Crippen molar-refractivity contribution in [3.63, 3.8) is 0 Å². The van der Waals surface area contributed by atoms with Crippen molar-refractivity contribution < 1.29 is 27.4 Å². The second kappa shape index (κ2) is 7.99. The molecule has 0 aliphatic carbocycles. The second-order valence-corrected chi connectivity index (χ2v) is 7.70. The number of aldehydes is 1. The largest absolute Gasteiger partial charge is 0.489 e. The lowest BCUT2D eigenvalue weighted by molar-refractivity contribution is -0.137. The SMILES string of the molecule is Cc1cscc1-c1ccc(COc2ccc3c(c2)OCC(C=O)=C3)cc1C(F)(F)F. The van der Waals surface area contributed by atoms with Gasteiger partial charge >= 0.3 is 6.18 Å². The van der Waals surface area contributed by atoms with Crippen LogP contribution in [0.1, 0.15) is 22.3 Å². The molecule has 30 heavy (non-hydrogen) atoms. The van der Waals surface area contributed by atoms with Gasteiger partial charge in [-0.2, -0.15) is 24.5 Å². The number of fused-ring (bicyclic) bond motifs is 1. The van der Waals surface area contributed by atoms with Gasteiger partial charge in [-0.3, -0.25) is 4.79 Å². The lowest BCUT2D eigenvalue weighted by Gasteiger charge is -2.17. The van der Waals surface area contributed by atoms with Crippen LogP contribution in [-0.4, -0.2) is 12.9 Å². The Balaban J connectivity index is 1.57. The van der Waals surface area contributed by atoms with Crippen LogP contribution in [0.5, 0.6) is 11.5 Å². The quantitative estimate of drug-likeness (QED) is 0.446. The lowest BCUT2D eigenvalue weighted by atomic mass is 9.97. The van der Waals surface area contributed by atoms with Gasteiger partial charge in [-0.25, -0.2) is 0 Å². The summed E-state index contributed by atoms with van der Waals surface area (Å²) in [6.07, 6.45) is -1.99. The van der Waals surface area contributed by atoms with Gasteiger partial charge in [0.25, 0.3) is 0 Å². The molecule has 154 valence electrons. The molecule has 0 saturated heterocycles. The van der Waals surface area contributed by atoms with Crippen LogP contribution in [-0.2, 0) is 17.6 Å². The Morgan fingerprint density at radius 2 is 1.97 bits per heavy atom. The normalized spacial score (nSPS) is 13.3. The number of hydrogen-bond acceptors (Lipinski definition) is 4. The number of benzene rings is 2. The molecule has 2 aromatic carbocycles. The number of aryl methyl sites for hydroxylation is 1. The number of carbonyl (C=O) groups excluding carboxylic acids is 1. The van der Waals surface area contributed by atoms with E-state index in [-0.39, 0.29) is 18.8 Å². The van der Waals surface area contributed by atoms with E-state index in [1.165, 1.54) is 17.4 Å². The van der Waals surface area contributed by atoms with Crippen LogP contribution in [0.25, 0.3) is 17.2 Å². The van der Waals surface area contributed by atoms with Gasteiger partial charge in [0, 0.05) is 17.2 Å². The third-order valence-corrected chi connectivity index (χ3v) is 5.67. The zero-order chi connectivity index (χ0) is 21.3. The molecule has 0 bridgehead atoms. The summed E-state index contributed by atoms with van der Waals surface area (Å²) in [5, 5.41) is 3.56. The third kappa shape index (κ3) is 4.11. The highest BCUT2D eigenvalue weighted by Crippen LogP contribution is 2.40. The third-order valence-electron chi connectivity index (χ3n) is 4.81. The molecule has 7 heteroatoms. The average molecular weight is 430 g/mol. The maximum absolute atomic E-state index is 13.7. The highest BCUT2D eigenvalue weighted by atomic mass is 32.1. The first-order valence-electron chi connectivity index (χ1n) is 9.14. The number of halogens is 3. The summed E-state index contributed by atoms with van der Waals surface area (Å²) < 4.78 is 52.3. The molecular weight excluding hydrogens is 413 g/mol. The summed E-state index contributed by atoms with van der Waals surface area (Å²) in [6.45, 7) is 1.97. The fourth-order valence-electron chi connectivity index (χ4n) is 3.27. The van der Waals surface area contributed by atoms with Crippen molar-refractivity contribution in [1.82, 2.24) is 0 Å². The topological polar surface area (TPSA) is 35.5 Å². The smallest absolute Gasteiger partial charge is 0.417 e. The van der Waals surface area contributed by atoms with Gasteiger partial charge < -0.3 is 9.47 Å². The van der Waals surface area contributed by atoms with E-state index in [9.17, 15) is 18.0 Å². The zero-order valence-electron chi connectivity index (χ0n) is 16.0. The van der Waals surface area contributed by atoms with Gasteiger partial charge in [-0.05, 0) is 64.2 Å². The van der Waals surface area contributed by atoms with E-state index >= 15 is 0 Å². The summed E-state index contributed by atoms with van der Waals surface area (Å²) in [7, 11) is 0. The highest BCUT2D eigenvalue weighted by Gasteiger charge is 2.34. The lowest BCUT2D eigenvalue weighted by Crippen LogP contribution is -2.09. The Morgan fingerprint density at radius 1 is 1.13 bits per heavy atom. The fourth-order valence-corrected chi connectivity index (χ4v) is 4.12. The Bertz CT molecular complexity index is 1130. The van der Waals surface area contributed by atoms with Crippen molar-refractivity contribution in [3.8, 4) is 22.6 Å². The molecule has 0 radical (unpaired) electrons. The van der Waals surface area contributed by atoms with Crippen molar-refractivity contribution in [1.29, 1.82) is 0 Å². The van der Waals surface area contributed by atoms with Crippen LogP contribution < -0.4 is 9.47 Å². The number of rotatable bonds is 5. The average Bonchev–Trinajstić information content (AvgIpc) is 3.16. The van der Waals surface area contributed by atoms with Crippen LogP contribution in [0.4, 0.5) is 13.2 Å². The van der Waals surface area contributed by atoms with Crippen LogP contribution >= 0.6 is 11.3 Å². The van der Waals surface area contributed by atoms with E-state index in [1.54, 1.807) is 42.6 Å². The second-order valence-electron chi connectivity index (χ2n) is 6.96. The van der Waals surface area contributed by atoms with Gasteiger partial charge in [0.15, 0.2) is 0 Å². The molecule has 1 aromatic heterocycles. The molecule has 1 aliphatic rings. The minimum atomic E-state index is -4.47. The fraction of sp³-hybridized carbons (Fsp3) is 0.174. The summed E-state index contributed by atoms with van der Waals surface area (Å²) in [4.78, 5) is 10.9. The number of ether oxygens (including phenoxy) is 2. The first kappa shape index (κ1) is 20.2. The van der Waals surface area contributed by atoms with E-state index in [4.69, 9.17) is 9.47 Å². The molecule has 3 aromatic rings. The predicted molar refractivity (Wildman–Crippen MR) is 110 cm³/mol. The van der Waals surface area contributed by atoms with Crippen LogP contribution in [0.2, 0.25) is 0 Å². The van der Waals surface area contributed by atoms with Crippen LogP contribution in [0, 0.1) is 6.92 Å². The molecule has 0 atom stereocenters. The number of alkyl halides is 3. The Kier molecular flexibility index (Phi) is 5.39. The molecule has 0 unspecified atom stereocenters. The molecule has 0 amide bonds. The molecule has 0 saturated carbocycles. The van der Waals surface area contributed by atoms with E-state index in [2.05, 4.69) is 0 Å². The van der Waals surface area contributed by atoms with Gasteiger partial charge in [-0.1, -0.05) is 12.1 Å². The molecule has 2 heterocycles. The first-order valence-corrected chi connectivity index (χ1v) is 10.1. The minimum absolute atomic E-state index is 0.0137. The van der Waals surface area contributed by atoms with Crippen LogP contribution in [0.3, 0.4) is 0 Å². The van der Waals surface area contributed by atoms with E-state index in [1.807, 2.05) is 5.38 Å². The van der Waals surface area contributed by atoms with E-state index in [0.717, 1.165) is 23.5 Å². The van der Waals surface area contributed by atoms with Gasteiger partial charge in [0.05, 0.1) is 5.56 Å². The Labute approximate surface area is 175 Å². The molecule has 0 spiro atoms. The van der Waals surface area contributed by atoms with Crippen LogP contribution in [0.15, 0.2) is 52.7 Å². The molecule has 0 fully saturated rings. The van der Waals surface area contributed by atoms with Crippen molar-refractivity contribution in [2.45, 2.75) is 19.7 Å². The molecule has 3 nitrogen and oxygen atoms in total. The summed E-state index contributed by atoms with van der Waals surface area (Å²) in [5.41, 5.74) is 2.61. The highest BCUT2D eigenvalue weighted by molar-refractivity contribution is 7.08. The van der Waals surface area contributed by atoms with Crippen molar-refractivity contribution >= 4 is 23.7 Å². The van der Waals surface area contributed by atoms with Crippen molar-refractivity contribution in [2.75, 3.05) is 6.61 Å². The van der Waals surface area contributed by atoms with E-state index < -0.39 is 11.7 Å². The van der Waals surface area contributed by atoms with Gasteiger partial charge in [0.1, 0.15) is 31.0 Å². The number of hydrogen-bond donors (Lipinski definition) is 0. The number of carbonyl (C=O) groups is 1. The monoisotopic (exact) mass is 430 g/mol. The van der Waals surface area contributed by atoms with Crippen molar-refractivity contribution in [2.24, 2.45) is 0 Å².